The molecule has 210 valence electrons. The van der Waals surface area contributed by atoms with Crippen molar-refractivity contribution in [2.75, 3.05) is 27.4 Å². The molecular formula is C31H39Cl2N3O3. The van der Waals surface area contributed by atoms with E-state index in [2.05, 4.69) is 39.6 Å². The maximum Gasteiger partial charge on any atom is 0.159 e. The molecule has 0 aliphatic heterocycles. The first-order valence-electron chi connectivity index (χ1n) is 13.6. The van der Waals surface area contributed by atoms with Gasteiger partial charge in [0.2, 0.25) is 0 Å². The molecule has 4 aromatic rings. The molecule has 0 saturated heterocycles. The normalized spacial score (nSPS) is 14.0. The standard InChI is InChI=1S/C17H23ClN2O.C14H16ClNO2/c1-12(19-14-5-6-14)13-4-7-15-16(18)11-20(17(15)10-13)8-3-9-21-2;1-10(17)11-4-5-12-13(15)9-16(14(12)8-11)6-3-7-18-2/h4,7,10-12,14,19H,3,5-6,8-9H2,1-2H3;4-5,8-9H,3,6-7H2,1-2H3. The van der Waals surface area contributed by atoms with Crippen molar-refractivity contribution in [1.82, 2.24) is 14.5 Å². The summed E-state index contributed by atoms with van der Waals surface area (Å²) < 4.78 is 14.5. The van der Waals surface area contributed by atoms with E-state index in [1.807, 2.05) is 30.6 Å². The highest BCUT2D eigenvalue weighted by atomic mass is 35.5. The first-order valence-corrected chi connectivity index (χ1v) is 14.4. The molecule has 5 rings (SSSR count). The number of aryl methyl sites for hydroxylation is 2. The SMILES string of the molecule is COCCCn1cc(Cl)c2ccc(C(C)=O)cc21.COCCCn1cc(Cl)c2ccc(C(C)NC3CC3)cc21. The van der Waals surface area contributed by atoms with Gasteiger partial charge in [-0.2, -0.15) is 0 Å². The van der Waals surface area contributed by atoms with Crippen LogP contribution in [0.3, 0.4) is 0 Å². The fraction of sp³-hybridized carbons (Fsp3) is 0.452. The van der Waals surface area contributed by atoms with Gasteiger partial charge in [-0.05, 0) is 57.2 Å². The Morgan fingerprint density at radius 1 is 0.923 bits per heavy atom. The van der Waals surface area contributed by atoms with E-state index in [0.717, 1.165) is 58.9 Å². The molecule has 6 nitrogen and oxygen atoms in total. The summed E-state index contributed by atoms with van der Waals surface area (Å²) in [6.45, 7) is 7.06. The highest BCUT2D eigenvalue weighted by Gasteiger charge is 2.23. The molecule has 1 unspecified atom stereocenters. The molecule has 0 amide bonds. The smallest absolute Gasteiger partial charge is 0.159 e. The maximum atomic E-state index is 11.4. The Morgan fingerprint density at radius 3 is 1.97 bits per heavy atom. The molecule has 1 fully saturated rings. The predicted octanol–water partition coefficient (Wildman–Crippen LogP) is 7.68. The number of carbonyl (C=O) groups excluding carboxylic acids is 1. The summed E-state index contributed by atoms with van der Waals surface area (Å²) in [5.41, 5.74) is 4.27. The van der Waals surface area contributed by atoms with Crippen molar-refractivity contribution in [2.45, 2.75) is 64.7 Å². The summed E-state index contributed by atoms with van der Waals surface area (Å²) >= 11 is 12.5. The average Bonchev–Trinajstić information content (AvgIpc) is 3.62. The molecule has 8 heteroatoms. The van der Waals surface area contributed by atoms with Crippen LogP contribution in [0.1, 0.15) is 61.5 Å². The number of nitrogens with one attached hydrogen (secondary N) is 1. The van der Waals surface area contributed by atoms with E-state index in [9.17, 15) is 4.79 Å². The number of aromatic nitrogens is 2. The second-order valence-electron chi connectivity index (χ2n) is 10.3. The number of carbonyl (C=O) groups is 1. The quantitative estimate of drug-likeness (QED) is 0.140. The highest BCUT2D eigenvalue weighted by Crippen LogP contribution is 2.30. The van der Waals surface area contributed by atoms with Gasteiger partial charge in [0, 0.05) is 86.9 Å². The van der Waals surface area contributed by atoms with Crippen LogP contribution in [0.5, 0.6) is 0 Å². The number of nitrogens with zero attached hydrogens (tertiary/aromatic N) is 2. The topological polar surface area (TPSA) is 57.4 Å². The second-order valence-corrected chi connectivity index (χ2v) is 11.1. The first-order chi connectivity index (χ1) is 18.8. The zero-order valence-electron chi connectivity index (χ0n) is 23.3. The molecule has 1 aliphatic carbocycles. The van der Waals surface area contributed by atoms with Crippen LogP contribution in [-0.4, -0.2) is 48.4 Å². The minimum atomic E-state index is 0.0673. The summed E-state index contributed by atoms with van der Waals surface area (Å²) in [6, 6.07) is 13.3. The van der Waals surface area contributed by atoms with Crippen LogP contribution in [0.15, 0.2) is 48.8 Å². The van der Waals surface area contributed by atoms with Crippen LogP contribution in [-0.2, 0) is 22.6 Å². The van der Waals surface area contributed by atoms with E-state index in [4.69, 9.17) is 32.7 Å². The Hall–Kier alpha value is -2.35. The van der Waals surface area contributed by atoms with Crippen molar-refractivity contribution in [3.8, 4) is 0 Å². The lowest BCUT2D eigenvalue weighted by Gasteiger charge is -2.14. The number of Topliss-reactive ketones (excluding diaryl/α,β-unsaturated/α-hetero) is 1. The molecule has 39 heavy (non-hydrogen) atoms. The van der Waals surface area contributed by atoms with Crippen molar-refractivity contribution >= 4 is 50.8 Å². The molecule has 2 aromatic heterocycles. The molecule has 0 spiro atoms. The highest BCUT2D eigenvalue weighted by molar-refractivity contribution is 6.36. The molecule has 2 aromatic carbocycles. The van der Waals surface area contributed by atoms with Crippen LogP contribution in [0.25, 0.3) is 21.8 Å². The molecule has 1 atom stereocenters. The van der Waals surface area contributed by atoms with Gasteiger partial charge < -0.3 is 23.9 Å². The van der Waals surface area contributed by atoms with Crippen LogP contribution in [0.4, 0.5) is 0 Å². The van der Waals surface area contributed by atoms with E-state index in [1.54, 1.807) is 21.1 Å². The minimum absolute atomic E-state index is 0.0673. The lowest BCUT2D eigenvalue weighted by atomic mass is 10.1. The molecule has 0 radical (unpaired) electrons. The molecule has 1 N–H and O–H groups in total. The molecular weight excluding hydrogens is 533 g/mol. The summed E-state index contributed by atoms with van der Waals surface area (Å²) in [5.74, 6) is 0.0673. The number of halogens is 2. The van der Waals surface area contributed by atoms with Crippen LogP contribution < -0.4 is 5.32 Å². The first kappa shape index (κ1) is 29.6. The van der Waals surface area contributed by atoms with Crippen molar-refractivity contribution in [3.05, 3.63) is 70.0 Å². The van der Waals surface area contributed by atoms with Gasteiger partial charge in [-0.15, -0.1) is 0 Å². The summed E-state index contributed by atoms with van der Waals surface area (Å²) in [6.07, 6.45) is 8.48. The van der Waals surface area contributed by atoms with Crippen LogP contribution in [0, 0.1) is 0 Å². The summed E-state index contributed by atoms with van der Waals surface area (Å²) in [7, 11) is 3.43. The Kier molecular flexibility index (Phi) is 10.5. The lowest BCUT2D eigenvalue weighted by Crippen LogP contribution is -2.20. The largest absolute Gasteiger partial charge is 0.385 e. The number of ether oxygens (including phenoxy) is 2. The fourth-order valence-electron chi connectivity index (χ4n) is 4.83. The van der Waals surface area contributed by atoms with Crippen LogP contribution >= 0.6 is 23.2 Å². The molecule has 2 heterocycles. The zero-order valence-corrected chi connectivity index (χ0v) is 24.8. The van der Waals surface area contributed by atoms with Gasteiger partial charge in [0.15, 0.2) is 5.78 Å². The molecule has 1 aliphatic rings. The number of ketones is 1. The van der Waals surface area contributed by atoms with Gasteiger partial charge in [-0.25, -0.2) is 0 Å². The fourth-order valence-corrected chi connectivity index (χ4v) is 5.38. The number of fused-ring (bicyclic) bond motifs is 2. The lowest BCUT2D eigenvalue weighted by molar-refractivity contribution is 0.101. The van der Waals surface area contributed by atoms with Crippen molar-refractivity contribution in [1.29, 1.82) is 0 Å². The number of hydrogen-bond acceptors (Lipinski definition) is 4. The van der Waals surface area contributed by atoms with E-state index in [1.165, 1.54) is 23.9 Å². The van der Waals surface area contributed by atoms with E-state index >= 15 is 0 Å². The third-order valence-electron chi connectivity index (χ3n) is 7.16. The number of methoxy groups -OCH3 is 2. The summed E-state index contributed by atoms with van der Waals surface area (Å²) in [4.78, 5) is 11.4. The van der Waals surface area contributed by atoms with Gasteiger partial charge in [0.25, 0.3) is 0 Å². The van der Waals surface area contributed by atoms with Gasteiger partial charge in [0.1, 0.15) is 0 Å². The third-order valence-corrected chi connectivity index (χ3v) is 7.76. The zero-order chi connectivity index (χ0) is 27.9. The number of rotatable bonds is 12. The van der Waals surface area contributed by atoms with Crippen molar-refractivity contribution in [3.63, 3.8) is 0 Å². The van der Waals surface area contributed by atoms with Gasteiger partial charge >= 0.3 is 0 Å². The predicted molar refractivity (Wildman–Crippen MR) is 161 cm³/mol. The molecule has 0 bridgehead atoms. The van der Waals surface area contributed by atoms with Crippen LogP contribution in [0.2, 0.25) is 10.0 Å². The van der Waals surface area contributed by atoms with E-state index < -0.39 is 0 Å². The van der Waals surface area contributed by atoms with Gasteiger partial charge in [0.05, 0.1) is 15.6 Å². The Morgan fingerprint density at radius 2 is 1.46 bits per heavy atom. The van der Waals surface area contributed by atoms with Gasteiger partial charge in [-0.1, -0.05) is 47.5 Å². The maximum absolute atomic E-state index is 11.4. The van der Waals surface area contributed by atoms with Gasteiger partial charge in [-0.3, -0.25) is 4.79 Å². The number of benzene rings is 2. The Bertz CT molecular complexity index is 1410. The Labute approximate surface area is 241 Å². The third kappa shape index (κ3) is 7.65. The summed E-state index contributed by atoms with van der Waals surface area (Å²) in [5, 5.41) is 7.32. The van der Waals surface area contributed by atoms with E-state index in [-0.39, 0.29) is 5.78 Å². The van der Waals surface area contributed by atoms with E-state index in [0.29, 0.717) is 24.3 Å². The monoisotopic (exact) mass is 571 g/mol. The Balaban J connectivity index is 0.000000183. The number of hydrogen-bond donors (Lipinski definition) is 1. The van der Waals surface area contributed by atoms with Crippen molar-refractivity contribution < 1.29 is 14.3 Å². The second kappa shape index (κ2) is 13.8. The average molecular weight is 573 g/mol. The molecule has 1 saturated carbocycles. The minimum Gasteiger partial charge on any atom is -0.385 e. The van der Waals surface area contributed by atoms with Crippen molar-refractivity contribution in [2.24, 2.45) is 0 Å².